The molecule has 1 amide bonds. The summed E-state index contributed by atoms with van der Waals surface area (Å²) in [6.45, 7) is 2.46. The molecule has 1 N–H and O–H groups in total. The fourth-order valence-electron chi connectivity index (χ4n) is 5.17. The zero-order chi connectivity index (χ0) is 23.3. The zero-order valence-electron chi connectivity index (χ0n) is 19.0. The Morgan fingerprint density at radius 1 is 0.941 bits per heavy atom. The van der Waals surface area contributed by atoms with Crippen LogP contribution in [-0.4, -0.2) is 69.1 Å². The zero-order valence-corrected chi connectivity index (χ0v) is 19.0. The molecule has 3 aromatic rings. The molecule has 6 nitrogen and oxygen atoms in total. The Kier molecular flexibility index (Phi) is 6.66. The van der Waals surface area contributed by atoms with E-state index >= 15 is 0 Å². The minimum Gasteiger partial charge on any atom is -0.395 e. The van der Waals surface area contributed by atoms with Gasteiger partial charge in [-0.3, -0.25) is 19.7 Å². The van der Waals surface area contributed by atoms with Crippen molar-refractivity contribution in [2.75, 3.05) is 26.2 Å². The maximum absolute atomic E-state index is 13.2. The van der Waals surface area contributed by atoms with Crippen LogP contribution in [-0.2, 0) is 0 Å². The van der Waals surface area contributed by atoms with Crippen LogP contribution in [0.3, 0.4) is 0 Å². The van der Waals surface area contributed by atoms with E-state index in [1.54, 1.807) is 30.9 Å². The molecule has 0 aliphatic carbocycles. The number of carbonyl (C=O) groups excluding carboxylic acids is 1. The Morgan fingerprint density at radius 2 is 1.68 bits per heavy atom. The molecule has 0 radical (unpaired) electrons. The van der Waals surface area contributed by atoms with E-state index in [-0.39, 0.29) is 30.5 Å². The van der Waals surface area contributed by atoms with E-state index in [1.165, 1.54) is 5.56 Å². The molecular weight excluding hydrogens is 424 g/mol. The number of fused-ring (bicyclic) bond motifs is 1. The number of carbonyl (C=O) groups is 1. The Balaban J connectivity index is 1.35. The SMILES string of the molecule is O=C(c1cccnc1)N1CCCCN2[C@H](C1)[C@H](c1ccc(C#Cc3cccnc3)cc1)[C@@H]2CO. The van der Waals surface area contributed by atoms with Crippen LogP contribution in [0.4, 0.5) is 0 Å². The summed E-state index contributed by atoms with van der Waals surface area (Å²) < 4.78 is 0. The summed E-state index contributed by atoms with van der Waals surface area (Å²) in [7, 11) is 0. The predicted octanol–water partition coefficient (Wildman–Crippen LogP) is 2.94. The third-order valence-electron chi connectivity index (χ3n) is 6.87. The summed E-state index contributed by atoms with van der Waals surface area (Å²) in [6, 6.07) is 16.0. The molecule has 2 aliphatic rings. The second-order valence-corrected chi connectivity index (χ2v) is 8.89. The van der Waals surface area contributed by atoms with E-state index in [0.717, 1.165) is 37.1 Å². The van der Waals surface area contributed by atoms with Crippen molar-refractivity contribution in [2.45, 2.75) is 30.8 Å². The molecule has 172 valence electrons. The van der Waals surface area contributed by atoms with E-state index in [4.69, 9.17) is 0 Å². The van der Waals surface area contributed by atoms with Gasteiger partial charge in [-0.2, -0.15) is 0 Å². The third-order valence-corrected chi connectivity index (χ3v) is 6.87. The second kappa shape index (κ2) is 10.2. The van der Waals surface area contributed by atoms with Crippen molar-refractivity contribution < 1.29 is 9.90 Å². The van der Waals surface area contributed by atoms with Crippen LogP contribution >= 0.6 is 0 Å². The fraction of sp³-hybridized carbons (Fsp3) is 0.321. The highest BCUT2D eigenvalue weighted by molar-refractivity contribution is 5.93. The summed E-state index contributed by atoms with van der Waals surface area (Å²) in [5, 5.41) is 10.2. The normalized spacial score (nSPS) is 22.4. The molecule has 2 fully saturated rings. The molecule has 5 rings (SSSR count). The highest BCUT2D eigenvalue weighted by Gasteiger charge is 2.49. The van der Waals surface area contributed by atoms with Gasteiger partial charge in [-0.15, -0.1) is 0 Å². The van der Waals surface area contributed by atoms with Crippen LogP contribution in [0.25, 0.3) is 0 Å². The number of rotatable bonds is 3. The topological polar surface area (TPSA) is 69.6 Å². The Morgan fingerprint density at radius 3 is 2.38 bits per heavy atom. The first-order valence-corrected chi connectivity index (χ1v) is 11.8. The van der Waals surface area contributed by atoms with Crippen LogP contribution in [0.2, 0.25) is 0 Å². The van der Waals surface area contributed by atoms with Crippen LogP contribution in [0.1, 0.15) is 45.8 Å². The van der Waals surface area contributed by atoms with Gasteiger partial charge < -0.3 is 10.0 Å². The van der Waals surface area contributed by atoms with Gasteiger partial charge in [0.05, 0.1) is 12.2 Å². The summed E-state index contributed by atoms with van der Waals surface area (Å²) >= 11 is 0. The number of hydrogen-bond donors (Lipinski definition) is 1. The van der Waals surface area contributed by atoms with E-state index < -0.39 is 0 Å². The first kappa shape index (κ1) is 22.3. The second-order valence-electron chi connectivity index (χ2n) is 8.89. The maximum atomic E-state index is 13.2. The number of pyridine rings is 2. The van der Waals surface area contributed by atoms with Gasteiger partial charge in [-0.1, -0.05) is 24.0 Å². The summed E-state index contributed by atoms with van der Waals surface area (Å²) in [5.74, 6) is 6.54. The first-order chi connectivity index (χ1) is 16.7. The van der Waals surface area contributed by atoms with Crippen molar-refractivity contribution in [3.05, 3.63) is 95.6 Å². The molecule has 0 bridgehead atoms. The lowest BCUT2D eigenvalue weighted by Gasteiger charge is -2.57. The predicted molar refractivity (Wildman–Crippen MR) is 130 cm³/mol. The lowest BCUT2D eigenvalue weighted by Crippen LogP contribution is -2.67. The fourth-order valence-corrected chi connectivity index (χ4v) is 5.17. The van der Waals surface area contributed by atoms with Gasteiger partial charge in [0, 0.05) is 67.0 Å². The van der Waals surface area contributed by atoms with Crippen molar-refractivity contribution in [1.82, 2.24) is 19.8 Å². The van der Waals surface area contributed by atoms with E-state index in [0.29, 0.717) is 12.1 Å². The minimum atomic E-state index is 0.0298. The lowest BCUT2D eigenvalue weighted by molar-refractivity contribution is -0.0606. The van der Waals surface area contributed by atoms with Crippen LogP contribution < -0.4 is 0 Å². The molecule has 3 atom stereocenters. The average Bonchev–Trinajstić information content (AvgIpc) is 2.88. The standard InChI is InChI=1S/C28H28N4O2/c33-20-26-27(23-11-9-21(10-12-23)7-8-22-5-3-13-29-17-22)25-19-31(15-1-2-16-32(25)26)28(34)24-6-4-14-30-18-24/h3-6,9-14,17-18,25-27,33H,1-2,15-16,19-20H2/t25-,26+,27+/m1/s1. The summed E-state index contributed by atoms with van der Waals surface area (Å²) in [6.07, 6.45) is 8.79. The maximum Gasteiger partial charge on any atom is 0.255 e. The van der Waals surface area contributed by atoms with Gasteiger partial charge in [0.15, 0.2) is 0 Å². The molecule has 34 heavy (non-hydrogen) atoms. The van der Waals surface area contributed by atoms with E-state index in [2.05, 4.69) is 38.8 Å². The molecule has 0 spiro atoms. The molecule has 2 saturated heterocycles. The van der Waals surface area contributed by atoms with Gasteiger partial charge in [-0.25, -0.2) is 0 Å². The molecule has 4 heterocycles. The van der Waals surface area contributed by atoms with Gasteiger partial charge in [0.2, 0.25) is 0 Å². The molecule has 2 aliphatic heterocycles. The number of benzene rings is 1. The van der Waals surface area contributed by atoms with Crippen LogP contribution in [0.5, 0.6) is 0 Å². The number of hydrogen-bond acceptors (Lipinski definition) is 5. The highest BCUT2D eigenvalue weighted by atomic mass is 16.3. The number of aliphatic hydroxyl groups is 1. The van der Waals surface area contributed by atoms with E-state index in [9.17, 15) is 9.90 Å². The molecule has 0 saturated carbocycles. The quantitative estimate of drug-likeness (QED) is 0.619. The Labute approximate surface area is 200 Å². The minimum absolute atomic E-state index is 0.0298. The highest BCUT2D eigenvalue weighted by Crippen LogP contribution is 2.42. The number of amides is 1. The smallest absolute Gasteiger partial charge is 0.255 e. The molecular formula is C28H28N4O2. The van der Waals surface area contributed by atoms with Crippen molar-refractivity contribution in [3.63, 3.8) is 0 Å². The molecule has 1 aromatic carbocycles. The van der Waals surface area contributed by atoms with Crippen LogP contribution in [0, 0.1) is 11.8 Å². The summed E-state index contributed by atoms with van der Waals surface area (Å²) in [4.78, 5) is 25.7. The number of aromatic nitrogens is 2. The monoisotopic (exact) mass is 452 g/mol. The van der Waals surface area contributed by atoms with Crippen molar-refractivity contribution in [1.29, 1.82) is 0 Å². The summed E-state index contributed by atoms with van der Waals surface area (Å²) in [5.41, 5.74) is 3.63. The molecule has 0 unspecified atom stereocenters. The van der Waals surface area contributed by atoms with Gasteiger partial charge in [0.1, 0.15) is 0 Å². The van der Waals surface area contributed by atoms with Crippen molar-refractivity contribution in [2.24, 2.45) is 0 Å². The number of nitrogens with zero attached hydrogens (tertiary/aromatic N) is 4. The van der Waals surface area contributed by atoms with Crippen molar-refractivity contribution >= 4 is 5.91 Å². The Hall–Kier alpha value is -3.53. The average molecular weight is 453 g/mol. The largest absolute Gasteiger partial charge is 0.395 e. The number of aliphatic hydroxyl groups excluding tert-OH is 1. The van der Waals surface area contributed by atoms with Gasteiger partial charge >= 0.3 is 0 Å². The van der Waals surface area contributed by atoms with E-state index in [1.807, 2.05) is 35.2 Å². The lowest BCUT2D eigenvalue weighted by atomic mass is 9.74. The molecule has 2 aromatic heterocycles. The third kappa shape index (κ3) is 4.58. The van der Waals surface area contributed by atoms with Crippen LogP contribution in [0.15, 0.2) is 73.3 Å². The van der Waals surface area contributed by atoms with Gasteiger partial charge in [0.25, 0.3) is 5.91 Å². The Bertz CT molecular complexity index is 1170. The van der Waals surface area contributed by atoms with Crippen molar-refractivity contribution in [3.8, 4) is 11.8 Å². The first-order valence-electron chi connectivity index (χ1n) is 11.8. The van der Waals surface area contributed by atoms with Gasteiger partial charge in [-0.05, 0) is 61.3 Å². The molecule has 6 heteroatoms.